The van der Waals surface area contributed by atoms with Crippen LogP contribution in [-0.4, -0.2) is 30.0 Å². The van der Waals surface area contributed by atoms with Gasteiger partial charge in [0.2, 0.25) is 5.91 Å². The second-order valence-electron chi connectivity index (χ2n) is 7.52. The normalized spacial score (nSPS) is 16.6. The number of fused-ring (bicyclic) bond motifs is 1. The summed E-state index contributed by atoms with van der Waals surface area (Å²) in [6.07, 6.45) is 4.52. The van der Waals surface area contributed by atoms with Crippen LogP contribution in [0.15, 0.2) is 36.4 Å². The summed E-state index contributed by atoms with van der Waals surface area (Å²) in [5, 5.41) is 2.32. The second-order valence-corrected chi connectivity index (χ2v) is 7.52. The molecule has 148 valence electrons. The van der Waals surface area contributed by atoms with Crippen LogP contribution in [0.1, 0.15) is 45.1 Å². The standard InChI is InChI=1S/C22H30N2O2.ClH/c1-15(16(2)23)22(25)24(18-9-5-6-10-18)14-20-19-11-7-4-8-17(19)12-13-21(20)26-3;/h4,7-8,11-13,15-16,18H,5-6,9-10,14,23H2,1-3H3;1H. The Morgan fingerprint density at radius 1 is 1.19 bits per heavy atom. The molecular weight excluding hydrogens is 360 g/mol. The van der Waals surface area contributed by atoms with Crippen molar-refractivity contribution in [2.24, 2.45) is 11.7 Å². The molecule has 3 rings (SSSR count). The third-order valence-electron chi connectivity index (χ3n) is 5.77. The minimum absolute atomic E-state index is 0. The van der Waals surface area contributed by atoms with Gasteiger partial charge in [-0.25, -0.2) is 0 Å². The van der Waals surface area contributed by atoms with Gasteiger partial charge in [0.25, 0.3) is 0 Å². The number of carbonyl (C=O) groups is 1. The lowest BCUT2D eigenvalue weighted by Crippen LogP contribution is -2.45. The zero-order chi connectivity index (χ0) is 18.7. The Kier molecular flexibility index (Phi) is 7.51. The minimum atomic E-state index is -0.184. The van der Waals surface area contributed by atoms with E-state index in [0.717, 1.165) is 29.5 Å². The fourth-order valence-corrected chi connectivity index (χ4v) is 3.93. The molecule has 0 aliphatic heterocycles. The van der Waals surface area contributed by atoms with Crippen molar-refractivity contribution in [3.63, 3.8) is 0 Å². The van der Waals surface area contributed by atoms with Crippen LogP contribution in [0.2, 0.25) is 0 Å². The third kappa shape index (κ3) is 4.56. The van der Waals surface area contributed by atoms with Gasteiger partial charge in [0, 0.05) is 17.6 Å². The minimum Gasteiger partial charge on any atom is -0.496 e. The zero-order valence-corrected chi connectivity index (χ0v) is 17.3. The van der Waals surface area contributed by atoms with Gasteiger partial charge in [0.05, 0.1) is 19.6 Å². The average molecular weight is 391 g/mol. The number of rotatable bonds is 6. The van der Waals surface area contributed by atoms with E-state index in [1.54, 1.807) is 7.11 Å². The Labute approximate surface area is 168 Å². The molecule has 0 radical (unpaired) electrons. The highest BCUT2D eigenvalue weighted by atomic mass is 35.5. The van der Waals surface area contributed by atoms with Gasteiger partial charge in [-0.05, 0) is 36.6 Å². The summed E-state index contributed by atoms with van der Waals surface area (Å²) in [5.41, 5.74) is 7.13. The molecule has 1 saturated carbocycles. The lowest BCUT2D eigenvalue weighted by molar-refractivity contribution is -0.138. The third-order valence-corrected chi connectivity index (χ3v) is 5.77. The molecule has 2 aromatic rings. The first-order valence-corrected chi connectivity index (χ1v) is 9.63. The molecule has 0 saturated heterocycles. The highest BCUT2D eigenvalue weighted by Crippen LogP contribution is 2.33. The number of nitrogens with two attached hydrogens (primary N) is 1. The van der Waals surface area contributed by atoms with E-state index in [0.29, 0.717) is 12.6 Å². The SMILES string of the molecule is COc1ccc2ccccc2c1CN(C(=O)C(C)C(C)N)C1CCCC1.Cl. The van der Waals surface area contributed by atoms with E-state index < -0.39 is 0 Å². The number of nitrogens with zero attached hydrogens (tertiary/aromatic N) is 1. The number of ether oxygens (including phenoxy) is 1. The van der Waals surface area contributed by atoms with Crippen molar-refractivity contribution in [1.82, 2.24) is 4.90 Å². The molecule has 1 aliphatic carbocycles. The van der Waals surface area contributed by atoms with Gasteiger partial charge < -0.3 is 15.4 Å². The van der Waals surface area contributed by atoms with Crippen LogP contribution >= 0.6 is 12.4 Å². The maximum atomic E-state index is 13.2. The first-order chi connectivity index (χ1) is 12.5. The van der Waals surface area contributed by atoms with E-state index in [4.69, 9.17) is 10.5 Å². The topological polar surface area (TPSA) is 55.6 Å². The van der Waals surface area contributed by atoms with E-state index in [1.807, 2.05) is 32.0 Å². The molecular formula is C22H31ClN2O2. The Hall–Kier alpha value is -1.78. The Morgan fingerprint density at radius 3 is 2.48 bits per heavy atom. The maximum absolute atomic E-state index is 13.2. The summed E-state index contributed by atoms with van der Waals surface area (Å²) >= 11 is 0. The molecule has 27 heavy (non-hydrogen) atoms. The summed E-state index contributed by atoms with van der Waals surface area (Å²) in [6.45, 7) is 4.42. The van der Waals surface area contributed by atoms with Crippen molar-refractivity contribution in [1.29, 1.82) is 0 Å². The molecule has 2 atom stereocenters. The van der Waals surface area contributed by atoms with Crippen molar-refractivity contribution in [2.75, 3.05) is 7.11 Å². The summed E-state index contributed by atoms with van der Waals surface area (Å²) in [5.74, 6) is 0.811. The zero-order valence-electron chi connectivity index (χ0n) is 16.5. The molecule has 2 N–H and O–H groups in total. The van der Waals surface area contributed by atoms with Gasteiger partial charge in [0.15, 0.2) is 0 Å². The second kappa shape index (κ2) is 9.43. The van der Waals surface area contributed by atoms with E-state index in [1.165, 1.54) is 18.2 Å². The quantitative estimate of drug-likeness (QED) is 0.788. The highest BCUT2D eigenvalue weighted by molar-refractivity contribution is 5.88. The smallest absolute Gasteiger partial charge is 0.227 e. The van der Waals surface area contributed by atoms with Gasteiger partial charge in [-0.1, -0.05) is 50.1 Å². The van der Waals surface area contributed by atoms with Crippen LogP contribution in [0.4, 0.5) is 0 Å². The van der Waals surface area contributed by atoms with Gasteiger partial charge in [-0.2, -0.15) is 0 Å². The van der Waals surface area contributed by atoms with Gasteiger partial charge in [0.1, 0.15) is 5.75 Å². The maximum Gasteiger partial charge on any atom is 0.227 e. The van der Waals surface area contributed by atoms with E-state index in [2.05, 4.69) is 23.1 Å². The van der Waals surface area contributed by atoms with Crippen molar-refractivity contribution in [3.8, 4) is 5.75 Å². The van der Waals surface area contributed by atoms with Crippen molar-refractivity contribution in [3.05, 3.63) is 42.0 Å². The van der Waals surface area contributed by atoms with Crippen LogP contribution in [0.25, 0.3) is 10.8 Å². The molecule has 5 heteroatoms. The number of carbonyl (C=O) groups excluding carboxylic acids is 1. The van der Waals surface area contributed by atoms with Crippen molar-refractivity contribution < 1.29 is 9.53 Å². The van der Waals surface area contributed by atoms with Crippen LogP contribution in [-0.2, 0) is 11.3 Å². The van der Waals surface area contributed by atoms with Crippen LogP contribution < -0.4 is 10.5 Å². The first-order valence-electron chi connectivity index (χ1n) is 9.63. The van der Waals surface area contributed by atoms with Gasteiger partial charge >= 0.3 is 0 Å². The van der Waals surface area contributed by atoms with Crippen LogP contribution in [0, 0.1) is 5.92 Å². The fourth-order valence-electron chi connectivity index (χ4n) is 3.93. The first kappa shape index (κ1) is 21.5. The molecule has 0 spiro atoms. The number of halogens is 1. The van der Waals surface area contributed by atoms with Crippen LogP contribution in [0.5, 0.6) is 5.75 Å². The summed E-state index contributed by atoms with van der Waals surface area (Å²) in [6, 6.07) is 12.5. The molecule has 1 aliphatic rings. The summed E-state index contributed by atoms with van der Waals surface area (Å²) in [4.78, 5) is 15.3. The monoisotopic (exact) mass is 390 g/mol. The Bertz CT molecular complexity index is 772. The number of hydrogen-bond donors (Lipinski definition) is 1. The van der Waals surface area contributed by atoms with E-state index >= 15 is 0 Å². The summed E-state index contributed by atoms with van der Waals surface area (Å²) in [7, 11) is 1.69. The predicted molar refractivity (Wildman–Crippen MR) is 113 cm³/mol. The van der Waals surface area contributed by atoms with E-state index in [9.17, 15) is 4.79 Å². The Morgan fingerprint density at radius 2 is 1.85 bits per heavy atom. The largest absolute Gasteiger partial charge is 0.496 e. The average Bonchev–Trinajstić information content (AvgIpc) is 3.19. The van der Waals surface area contributed by atoms with Gasteiger partial charge in [-0.15, -0.1) is 12.4 Å². The Balaban J connectivity index is 0.00000261. The molecule has 0 aromatic heterocycles. The number of methoxy groups -OCH3 is 1. The van der Waals surface area contributed by atoms with Crippen LogP contribution in [0.3, 0.4) is 0 Å². The fraction of sp³-hybridized carbons (Fsp3) is 0.500. The van der Waals surface area contributed by atoms with Crippen molar-refractivity contribution >= 4 is 29.1 Å². The number of hydrogen-bond acceptors (Lipinski definition) is 3. The molecule has 2 aromatic carbocycles. The highest BCUT2D eigenvalue weighted by Gasteiger charge is 2.31. The van der Waals surface area contributed by atoms with Crippen molar-refractivity contribution in [2.45, 2.75) is 58.2 Å². The molecule has 0 heterocycles. The van der Waals surface area contributed by atoms with E-state index in [-0.39, 0.29) is 30.3 Å². The lowest BCUT2D eigenvalue weighted by Gasteiger charge is -2.33. The summed E-state index contributed by atoms with van der Waals surface area (Å²) < 4.78 is 5.64. The molecule has 4 nitrogen and oxygen atoms in total. The number of benzene rings is 2. The molecule has 1 amide bonds. The molecule has 0 bridgehead atoms. The lowest BCUT2D eigenvalue weighted by atomic mass is 9.98. The molecule has 1 fully saturated rings. The van der Waals surface area contributed by atoms with Gasteiger partial charge in [-0.3, -0.25) is 4.79 Å². The number of amides is 1. The predicted octanol–water partition coefficient (Wildman–Crippen LogP) is 4.52. The molecule has 2 unspecified atom stereocenters.